The Kier molecular flexibility index (Phi) is 6.45. The van der Waals surface area contributed by atoms with E-state index in [1.54, 1.807) is 24.3 Å². The summed E-state index contributed by atoms with van der Waals surface area (Å²) in [4.78, 5) is 24.6. The van der Waals surface area contributed by atoms with Gasteiger partial charge in [-0.25, -0.2) is 17.8 Å². The van der Waals surface area contributed by atoms with E-state index >= 15 is 0 Å². The van der Waals surface area contributed by atoms with E-state index in [0.717, 1.165) is 23.8 Å². The maximum Gasteiger partial charge on any atom is 0.442 e. The highest BCUT2D eigenvalue weighted by molar-refractivity contribution is 7.89. The van der Waals surface area contributed by atoms with Gasteiger partial charge in [0, 0.05) is 24.3 Å². The SMILES string of the molecule is O=C(Cn1c(-c2ccccc2)noc1=O)Nc1ccc(Cl)c(S(=O)(=O)N2CCCCC2)c1. The van der Waals surface area contributed by atoms with E-state index in [2.05, 4.69) is 10.5 Å². The van der Waals surface area contributed by atoms with Crippen molar-refractivity contribution >= 4 is 33.2 Å². The molecule has 4 rings (SSSR count). The normalized spacial score (nSPS) is 14.9. The zero-order valence-electron chi connectivity index (χ0n) is 17.0. The Morgan fingerprint density at radius 3 is 2.53 bits per heavy atom. The van der Waals surface area contributed by atoms with Crippen molar-refractivity contribution in [1.82, 2.24) is 14.0 Å². The quantitative estimate of drug-likeness (QED) is 0.585. The Labute approximate surface area is 189 Å². The van der Waals surface area contributed by atoms with Gasteiger partial charge in [0.25, 0.3) is 0 Å². The van der Waals surface area contributed by atoms with Crippen LogP contribution in [-0.4, -0.2) is 41.4 Å². The van der Waals surface area contributed by atoms with Gasteiger partial charge in [-0.3, -0.25) is 9.32 Å². The minimum Gasteiger partial charge on any atom is -0.324 e. The highest BCUT2D eigenvalue weighted by Crippen LogP contribution is 2.29. The lowest BCUT2D eigenvalue weighted by Crippen LogP contribution is -2.35. The standard InChI is InChI=1S/C21H21ClN4O5S/c22-17-10-9-16(13-18(17)32(29,30)25-11-5-2-6-12-25)23-19(27)14-26-20(24-31-21(26)28)15-7-3-1-4-8-15/h1,3-4,7-10,13H,2,5-6,11-12,14H2,(H,23,27). The van der Waals surface area contributed by atoms with Crippen LogP contribution < -0.4 is 11.1 Å². The molecule has 0 radical (unpaired) electrons. The van der Waals surface area contributed by atoms with Crippen molar-refractivity contribution in [2.45, 2.75) is 30.7 Å². The summed E-state index contributed by atoms with van der Waals surface area (Å²) in [6, 6.07) is 13.1. The fourth-order valence-corrected chi connectivity index (χ4v) is 5.59. The second-order valence-corrected chi connectivity index (χ2v) is 9.70. The highest BCUT2D eigenvalue weighted by Gasteiger charge is 2.28. The first kappa shape index (κ1) is 22.3. The Morgan fingerprint density at radius 2 is 1.81 bits per heavy atom. The van der Waals surface area contributed by atoms with Crippen LogP contribution in [0.4, 0.5) is 5.69 Å². The molecule has 1 aromatic heterocycles. The molecule has 32 heavy (non-hydrogen) atoms. The number of hydrogen-bond acceptors (Lipinski definition) is 6. The lowest BCUT2D eigenvalue weighted by atomic mass is 10.2. The van der Waals surface area contributed by atoms with Gasteiger partial charge in [0.05, 0.1) is 5.02 Å². The number of halogens is 1. The van der Waals surface area contributed by atoms with Gasteiger partial charge < -0.3 is 5.32 Å². The molecule has 0 unspecified atom stereocenters. The second kappa shape index (κ2) is 9.27. The summed E-state index contributed by atoms with van der Waals surface area (Å²) < 4.78 is 33.3. The summed E-state index contributed by atoms with van der Waals surface area (Å²) in [5, 5.41) is 6.45. The third kappa shape index (κ3) is 4.62. The second-order valence-electron chi connectivity index (χ2n) is 7.38. The summed E-state index contributed by atoms with van der Waals surface area (Å²) in [5.74, 6) is -1.10. The van der Waals surface area contributed by atoms with Crippen LogP contribution in [0.5, 0.6) is 0 Å². The van der Waals surface area contributed by atoms with Crippen molar-refractivity contribution in [3.63, 3.8) is 0 Å². The summed E-state index contributed by atoms with van der Waals surface area (Å²) in [6.07, 6.45) is 2.58. The molecule has 0 saturated carbocycles. The van der Waals surface area contributed by atoms with Crippen molar-refractivity contribution in [2.24, 2.45) is 0 Å². The number of hydrogen-bond donors (Lipinski definition) is 1. The maximum atomic E-state index is 13.0. The van der Waals surface area contributed by atoms with Gasteiger partial charge in [0.1, 0.15) is 11.4 Å². The van der Waals surface area contributed by atoms with Gasteiger partial charge in [-0.15, -0.1) is 0 Å². The Morgan fingerprint density at radius 1 is 1.09 bits per heavy atom. The number of amides is 1. The maximum absolute atomic E-state index is 13.0. The van der Waals surface area contributed by atoms with Crippen LogP contribution in [0.15, 0.2) is 62.7 Å². The zero-order valence-corrected chi connectivity index (χ0v) is 18.6. The average molecular weight is 477 g/mol. The van der Waals surface area contributed by atoms with Gasteiger partial charge in [0.15, 0.2) is 5.82 Å². The summed E-state index contributed by atoms with van der Waals surface area (Å²) in [5.41, 5.74) is 0.869. The monoisotopic (exact) mass is 476 g/mol. The number of benzene rings is 2. The molecule has 168 valence electrons. The number of nitrogens with one attached hydrogen (secondary N) is 1. The minimum atomic E-state index is -3.78. The van der Waals surface area contributed by atoms with Crippen molar-refractivity contribution in [3.05, 3.63) is 64.1 Å². The number of rotatable bonds is 6. The van der Waals surface area contributed by atoms with E-state index in [1.165, 1.54) is 22.5 Å². The van der Waals surface area contributed by atoms with E-state index in [9.17, 15) is 18.0 Å². The molecule has 3 aromatic rings. The summed E-state index contributed by atoms with van der Waals surface area (Å²) in [6.45, 7) is 0.519. The molecule has 1 aliphatic heterocycles. The molecule has 2 aromatic carbocycles. The first-order valence-corrected chi connectivity index (χ1v) is 11.9. The van der Waals surface area contributed by atoms with Gasteiger partial charge in [-0.2, -0.15) is 4.31 Å². The van der Waals surface area contributed by atoms with E-state index in [0.29, 0.717) is 18.7 Å². The molecule has 1 amide bonds. The number of anilines is 1. The van der Waals surface area contributed by atoms with E-state index in [1.807, 2.05) is 6.07 Å². The number of carbonyl (C=O) groups is 1. The fourth-order valence-electron chi connectivity index (χ4n) is 3.57. The summed E-state index contributed by atoms with van der Waals surface area (Å²) >= 11 is 6.18. The minimum absolute atomic E-state index is 0.0639. The van der Waals surface area contributed by atoms with Crippen LogP contribution in [0.25, 0.3) is 11.4 Å². The van der Waals surface area contributed by atoms with Crippen LogP contribution >= 0.6 is 11.6 Å². The van der Waals surface area contributed by atoms with Crippen molar-refractivity contribution in [3.8, 4) is 11.4 Å². The van der Waals surface area contributed by atoms with E-state index in [-0.39, 0.29) is 28.0 Å². The predicted octanol–water partition coefficient (Wildman–Crippen LogP) is 2.97. The number of aromatic nitrogens is 2. The van der Waals surface area contributed by atoms with E-state index in [4.69, 9.17) is 16.1 Å². The van der Waals surface area contributed by atoms with Crippen LogP contribution in [0, 0.1) is 0 Å². The molecule has 1 saturated heterocycles. The molecule has 0 atom stereocenters. The van der Waals surface area contributed by atoms with E-state index < -0.39 is 21.7 Å². The number of piperidine rings is 1. The van der Waals surface area contributed by atoms with Crippen molar-refractivity contribution < 1.29 is 17.7 Å². The highest BCUT2D eigenvalue weighted by atomic mass is 35.5. The Balaban J connectivity index is 1.55. The van der Waals surface area contributed by atoms with Gasteiger partial charge in [-0.1, -0.05) is 53.5 Å². The Bertz CT molecular complexity index is 1280. The molecule has 1 N–H and O–H groups in total. The molecular weight excluding hydrogens is 456 g/mol. The number of carbonyl (C=O) groups excluding carboxylic acids is 1. The summed E-state index contributed by atoms with van der Waals surface area (Å²) in [7, 11) is -3.78. The number of nitrogens with zero attached hydrogens (tertiary/aromatic N) is 3. The lowest BCUT2D eigenvalue weighted by molar-refractivity contribution is -0.116. The first-order chi connectivity index (χ1) is 15.4. The molecule has 1 aliphatic rings. The first-order valence-electron chi connectivity index (χ1n) is 10.1. The fraction of sp³-hybridized carbons (Fsp3) is 0.286. The van der Waals surface area contributed by atoms with Gasteiger partial charge in [0.2, 0.25) is 15.9 Å². The van der Waals surface area contributed by atoms with Crippen LogP contribution in [0.2, 0.25) is 5.02 Å². The third-order valence-corrected chi connectivity index (χ3v) is 7.55. The molecule has 11 heteroatoms. The molecular formula is C21H21ClN4O5S. The van der Waals surface area contributed by atoms with Crippen molar-refractivity contribution in [2.75, 3.05) is 18.4 Å². The molecule has 2 heterocycles. The molecule has 0 spiro atoms. The largest absolute Gasteiger partial charge is 0.442 e. The smallest absolute Gasteiger partial charge is 0.324 e. The molecule has 0 bridgehead atoms. The zero-order chi connectivity index (χ0) is 22.7. The number of sulfonamides is 1. The Hall–Kier alpha value is -2.95. The predicted molar refractivity (Wildman–Crippen MR) is 119 cm³/mol. The lowest BCUT2D eigenvalue weighted by Gasteiger charge is -2.26. The molecule has 1 fully saturated rings. The third-order valence-electron chi connectivity index (χ3n) is 5.17. The van der Waals surface area contributed by atoms with Crippen molar-refractivity contribution in [1.29, 1.82) is 0 Å². The molecule has 9 nitrogen and oxygen atoms in total. The average Bonchev–Trinajstić information content (AvgIpc) is 3.16. The molecule has 0 aliphatic carbocycles. The van der Waals surface area contributed by atoms with Crippen LogP contribution in [-0.2, 0) is 21.4 Å². The topological polar surface area (TPSA) is 115 Å². The van der Waals surface area contributed by atoms with Crippen LogP contribution in [0.3, 0.4) is 0 Å². The van der Waals surface area contributed by atoms with Crippen LogP contribution in [0.1, 0.15) is 19.3 Å². The van der Waals surface area contributed by atoms with Gasteiger partial charge >= 0.3 is 5.76 Å². The van der Waals surface area contributed by atoms with Gasteiger partial charge in [-0.05, 0) is 31.0 Å².